The van der Waals surface area contributed by atoms with Crippen LogP contribution in [0.5, 0.6) is 11.5 Å². The molecule has 25 heavy (non-hydrogen) atoms. The number of likely N-dealkylation sites (N-methyl/N-ethyl adjacent to an activating group) is 1. The second-order valence-electron chi connectivity index (χ2n) is 6.85. The van der Waals surface area contributed by atoms with Gasteiger partial charge in [0.2, 0.25) is 5.91 Å². The number of carbonyl (C=O) groups excluding carboxylic acids is 1. The summed E-state index contributed by atoms with van der Waals surface area (Å²) >= 11 is 0. The Morgan fingerprint density at radius 3 is 2.44 bits per heavy atom. The molecule has 1 saturated carbocycles. The number of methoxy groups -OCH3 is 2. The molecule has 1 fully saturated rings. The van der Waals surface area contributed by atoms with Crippen molar-refractivity contribution in [1.29, 1.82) is 0 Å². The first-order valence-electron chi connectivity index (χ1n) is 9.32. The standard InChI is InChI=1S/C20H32N2O3/c1-22(17-8-6-4-5-7-9-17)15-20(23)21-13-12-16-10-11-18(24-2)19(14-16)25-3/h10-11,14,17H,4-9,12-13,15H2,1-3H3,(H,21,23). The summed E-state index contributed by atoms with van der Waals surface area (Å²) in [7, 11) is 5.33. The summed E-state index contributed by atoms with van der Waals surface area (Å²) in [6, 6.07) is 6.42. The molecule has 0 atom stereocenters. The van der Waals surface area contributed by atoms with Crippen molar-refractivity contribution in [2.24, 2.45) is 0 Å². The minimum atomic E-state index is 0.104. The number of hydrogen-bond acceptors (Lipinski definition) is 4. The fourth-order valence-corrected chi connectivity index (χ4v) is 3.49. The van der Waals surface area contributed by atoms with Gasteiger partial charge in [-0.25, -0.2) is 0 Å². The van der Waals surface area contributed by atoms with Crippen molar-refractivity contribution in [1.82, 2.24) is 10.2 Å². The Morgan fingerprint density at radius 2 is 1.80 bits per heavy atom. The Bertz CT molecular complexity index is 540. The summed E-state index contributed by atoms with van der Waals surface area (Å²) < 4.78 is 10.6. The van der Waals surface area contributed by atoms with Gasteiger partial charge in [0, 0.05) is 12.6 Å². The molecular weight excluding hydrogens is 316 g/mol. The molecule has 1 aliphatic carbocycles. The highest BCUT2D eigenvalue weighted by Crippen LogP contribution is 2.27. The quantitative estimate of drug-likeness (QED) is 0.734. The van der Waals surface area contributed by atoms with Gasteiger partial charge < -0.3 is 14.8 Å². The second-order valence-corrected chi connectivity index (χ2v) is 6.85. The van der Waals surface area contributed by atoms with E-state index in [4.69, 9.17) is 9.47 Å². The SMILES string of the molecule is COc1ccc(CCNC(=O)CN(C)C2CCCCCC2)cc1OC. The van der Waals surface area contributed by atoms with Crippen LogP contribution in [-0.4, -0.2) is 51.2 Å². The highest BCUT2D eigenvalue weighted by molar-refractivity contribution is 5.78. The van der Waals surface area contributed by atoms with Gasteiger partial charge in [0.15, 0.2) is 11.5 Å². The summed E-state index contributed by atoms with van der Waals surface area (Å²) in [6.07, 6.45) is 8.46. The predicted octanol–water partition coefficient (Wildman–Crippen LogP) is 3.02. The molecule has 0 spiro atoms. The molecule has 1 aliphatic rings. The smallest absolute Gasteiger partial charge is 0.234 e. The Morgan fingerprint density at radius 1 is 1.12 bits per heavy atom. The van der Waals surface area contributed by atoms with Crippen molar-refractivity contribution in [3.05, 3.63) is 23.8 Å². The van der Waals surface area contributed by atoms with Crippen molar-refractivity contribution in [3.63, 3.8) is 0 Å². The Hall–Kier alpha value is -1.75. The van der Waals surface area contributed by atoms with Crippen LogP contribution in [0.25, 0.3) is 0 Å². The van der Waals surface area contributed by atoms with Gasteiger partial charge >= 0.3 is 0 Å². The zero-order valence-corrected chi connectivity index (χ0v) is 15.8. The molecule has 2 rings (SSSR count). The largest absolute Gasteiger partial charge is 0.493 e. The third kappa shape index (κ3) is 6.24. The van der Waals surface area contributed by atoms with E-state index in [1.165, 1.54) is 38.5 Å². The lowest BCUT2D eigenvalue weighted by Gasteiger charge is -2.26. The van der Waals surface area contributed by atoms with Crippen LogP contribution >= 0.6 is 0 Å². The van der Waals surface area contributed by atoms with E-state index in [-0.39, 0.29) is 5.91 Å². The van der Waals surface area contributed by atoms with Gasteiger partial charge in [-0.1, -0.05) is 31.7 Å². The van der Waals surface area contributed by atoms with Gasteiger partial charge in [-0.3, -0.25) is 9.69 Å². The third-order valence-corrected chi connectivity index (χ3v) is 5.02. The highest BCUT2D eigenvalue weighted by Gasteiger charge is 2.18. The third-order valence-electron chi connectivity index (χ3n) is 5.02. The summed E-state index contributed by atoms with van der Waals surface area (Å²) in [4.78, 5) is 14.4. The molecule has 0 heterocycles. The van der Waals surface area contributed by atoms with Crippen molar-refractivity contribution < 1.29 is 14.3 Å². The average molecular weight is 348 g/mol. The van der Waals surface area contributed by atoms with Gasteiger partial charge in [0.1, 0.15) is 0 Å². The van der Waals surface area contributed by atoms with Crippen molar-refractivity contribution in [2.45, 2.75) is 51.0 Å². The second kappa shape index (κ2) is 10.3. The first-order valence-corrected chi connectivity index (χ1v) is 9.32. The summed E-state index contributed by atoms with van der Waals surface area (Å²) in [5, 5.41) is 3.03. The molecule has 5 heteroatoms. The minimum absolute atomic E-state index is 0.104. The van der Waals surface area contributed by atoms with Crippen LogP contribution in [-0.2, 0) is 11.2 Å². The number of rotatable bonds is 8. The maximum atomic E-state index is 12.2. The molecule has 0 aliphatic heterocycles. The number of hydrogen-bond donors (Lipinski definition) is 1. The molecule has 1 N–H and O–H groups in total. The minimum Gasteiger partial charge on any atom is -0.493 e. The van der Waals surface area contributed by atoms with Crippen LogP contribution in [0.15, 0.2) is 18.2 Å². The first-order chi connectivity index (χ1) is 12.1. The van der Waals surface area contributed by atoms with Gasteiger partial charge in [0.25, 0.3) is 0 Å². The maximum Gasteiger partial charge on any atom is 0.234 e. The van der Waals surface area contributed by atoms with E-state index in [9.17, 15) is 4.79 Å². The lowest BCUT2D eigenvalue weighted by molar-refractivity contribution is -0.122. The van der Waals surface area contributed by atoms with E-state index in [2.05, 4.69) is 17.3 Å². The van der Waals surface area contributed by atoms with Crippen LogP contribution in [0, 0.1) is 0 Å². The van der Waals surface area contributed by atoms with E-state index < -0.39 is 0 Å². The normalized spacial score (nSPS) is 15.7. The van der Waals surface area contributed by atoms with Gasteiger partial charge in [-0.2, -0.15) is 0 Å². The first kappa shape index (κ1) is 19.6. The average Bonchev–Trinajstić information content (AvgIpc) is 2.91. The molecule has 0 unspecified atom stereocenters. The van der Waals surface area contributed by atoms with E-state index in [0.717, 1.165) is 23.5 Å². The molecule has 1 aromatic rings. The van der Waals surface area contributed by atoms with Crippen molar-refractivity contribution >= 4 is 5.91 Å². The Labute approximate surface area is 151 Å². The summed E-state index contributed by atoms with van der Waals surface area (Å²) in [6.45, 7) is 1.11. The van der Waals surface area contributed by atoms with Gasteiger partial charge in [-0.05, 0) is 44.0 Å². The molecule has 140 valence electrons. The number of nitrogens with one attached hydrogen (secondary N) is 1. The van der Waals surface area contributed by atoms with Crippen molar-refractivity contribution in [2.75, 3.05) is 34.4 Å². The zero-order chi connectivity index (χ0) is 18.1. The summed E-state index contributed by atoms with van der Waals surface area (Å²) in [5.74, 6) is 1.55. The molecule has 1 amide bonds. The number of ether oxygens (including phenoxy) is 2. The van der Waals surface area contributed by atoms with Gasteiger partial charge in [-0.15, -0.1) is 0 Å². The lowest BCUT2D eigenvalue weighted by Crippen LogP contribution is -2.41. The van der Waals surface area contributed by atoms with E-state index in [1.807, 2.05) is 18.2 Å². The topological polar surface area (TPSA) is 50.8 Å². The van der Waals surface area contributed by atoms with E-state index in [1.54, 1.807) is 14.2 Å². The van der Waals surface area contributed by atoms with E-state index >= 15 is 0 Å². The number of benzene rings is 1. The number of amides is 1. The van der Waals surface area contributed by atoms with Crippen molar-refractivity contribution in [3.8, 4) is 11.5 Å². The molecule has 0 saturated heterocycles. The van der Waals surface area contributed by atoms with Crippen LogP contribution in [0.1, 0.15) is 44.1 Å². The van der Waals surface area contributed by atoms with Gasteiger partial charge in [0.05, 0.1) is 20.8 Å². The van der Waals surface area contributed by atoms with Crippen LogP contribution < -0.4 is 14.8 Å². The molecule has 0 aromatic heterocycles. The molecule has 1 aromatic carbocycles. The molecular formula is C20H32N2O3. The molecule has 0 bridgehead atoms. The fraction of sp³-hybridized carbons (Fsp3) is 0.650. The summed E-state index contributed by atoms with van der Waals surface area (Å²) in [5.41, 5.74) is 1.12. The number of nitrogens with zero attached hydrogens (tertiary/aromatic N) is 1. The Kier molecular flexibility index (Phi) is 8.06. The van der Waals surface area contributed by atoms with E-state index in [0.29, 0.717) is 19.1 Å². The maximum absolute atomic E-state index is 12.2. The monoisotopic (exact) mass is 348 g/mol. The molecule has 5 nitrogen and oxygen atoms in total. The predicted molar refractivity (Wildman–Crippen MR) is 100 cm³/mol. The fourth-order valence-electron chi connectivity index (χ4n) is 3.49. The van der Waals surface area contributed by atoms with Crippen LogP contribution in [0.3, 0.4) is 0 Å². The van der Waals surface area contributed by atoms with Crippen LogP contribution in [0.2, 0.25) is 0 Å². The number of carbonyl (C=O) groups is 1. The zero-order valence-electron chi connectivity index (χ0n) is 15.8. The van der Waals surface area contributed by atoms with Crippen LogP contribution in [0.4, 0.5) is 0 Å². The highest BCUT2D eigenvalue weighted by atomic mass is 16.5. The Balaban J connectivity index is 1.74. The lowest BCUT2D eigenvalue weighted by atomic mass is 10.1. The molecule has 0 radical (unpaired) electrons.